The molecule has 0 aromatic heterocycles. The number of rotatable bonds is 6. The maximum Gasteiger partial charge on any atom is 0.127 e. The molecular formula is C25H32N2O+2. The van der Waals surface area contributed by atoms with E-state index in [1.165, 1.54) is 51.1 Å². The molecule has 3 atom stereocenters. The number of ether oxygens (including phenoxy) is 1. The molecule has 2 aromatic carbocycles. The quantitative estimate of drug-likeness (QED) is 0.738. The number of allylic oxidation sites excluding steroid dienone is 2. The van der Waals surface area contributed by atoms with E-state index >= 15 is 0 Å². The molecule has 3 aliphatic rings. The van der Waals surface area contributed by atoms with Crippen molar-refractivity contribution in [3.63, 3.8) is 0 Å². The normalized spacial score (nSPS) is 31.2. The summed E-state index contributed by atoms with van der Waals surface area (Å²) in [5.74, 6) is 4.61. The van der Waals surface area contributed by atoms with Crippen molar-refractivity contribution in [2.45, 2.75) is 19.4 Å². The van der Waals surface area contributed by atoms with Crippen LogP contribution in [0.4, 0.5) is 0 Å². The molecule has 0 amide bonds. The van der Waals surface area contributed by atoms with Crippen LogP contribution in [0.25, 0.3) is 0 Å². The highest BCUT2D eigenvalue weighted by Gasteiger charge is 2.38. The minimum absolute atomic E-state index is 0.898. The number of benzene rings is 2. The molecule has 5 rings (SSSR count). The molecule has 28 heavy (non-hydrogen) atoms. The number of fused-ring (bicyclic) bond motifs is 2. The van der Waals surface area contributed by atoms with Gasteiger partial charge in [-0.25, -0.2) is 0 Å². The van der Waals surface area contributed by atoms with Crippen LogP contribution in [-0.4, -0.2) is 32.7 Å². The molecule has 2 N–H and O–H groups in total. The minimum atomic E-state index is 0.898. The fraction of sp³-hybridized carbons (Fsp3) is 0.440. The molecule has 2 bridgehead atoms. The third-order valence-electron chi connectivity index (χ3n) is 6.96. The standard InChI is InChI=1S/C25H30N2O/c1-2-6-24(7-3-1)28-25-8-4-5-21(17-25)18-26-11-13-27(14-12-26)19-23-16-20-9-10-22(23)15-20/h1-10,17,20,22-23H,11-16,18-19H2/p+2/t20-,22+,23-/m1/s1. The molecule has 1 saturated carbocycles. The van der Waals surface area contributed by atoms with Gasteiger partial charge in [0.25, 0.3) is 0 Å². The zero-order valence-corrected chi connectivity index (χ0v) is 16.6. The Bertz CT molecular complexity index is 810. The average molecular weight is 377 g/mol. The van der Waals surface area contributed by atoms with Gasteiger partial charge in [0.15, 0.2) is 0 Å². The van der Waals surface area contributed by atoms with Crippen molar-refractivity contribution < 1.29 is 14.5 Å². The Kier molecular flexibility index (Phi) is 5.20. The van der Waals surface area contributed by atoms with Gasteiger partial charge < -0.3 is 14.5 Å². The Morgan fingerprint density at radius 1 is 0.786 bits per heavy atom. The predicted octanol–water partition coefficient (Wildman–Crippen LogP) is 1.97. The largest absolute Gasteiger partial charge is 0.457 e. The summed E-state index contributed by atoms with van der Waals surface area (Å²) < 4.78 is 6.00. The first-order valence-corrected chi connectivity index (χ1v) is 11.0. The van der Waals surface area contributed by atoms with Crippen molar-refractivity contribution in [3.05, 3.63) is 72.3 Å². The monoisotopic (exact) mass is 376 g/mol. The van der Waals surface area contributed by atoms with Crippen LogP contribution < -0.4 is 14.5 Å². The Morgan fingerprint density at radius 3 is 2.32 bits per heavy atom. The zero-order chi connectivity index (χ0) is 18.8. The number of nitrogens with one attached hydrogen (secondary N) is 2. The molecule has 1 heterocycles. The van der Waals surface area contributed by atoms with Gasteiger partial charge in [0.05, 0.1) is 6.54 Å². The molecule has 146 valence electrons. The van der Waals surface area contributed by atoms with Gasteiger partial charge in [0.1, 0.15) is 44.2 Å². The number of quaternary nitrogens is 2. The Hall–Kier alpha value is -2.10. The second-order valence-electron chi connectivity index (χ2n) is 8.98. The van der Waals surface area contributed by atoms with Crippen LogP contribution in [-0.2, 0) is 6.54 Å². The maximum atomic E-state index is 6.00. The average Bonchev–Trinajstić information content (AvgIpc) is 3.34. The lowest BCUT2D eigenvalue weighted by Gasteiger charge is -2.32. The summed E-state index contributed by atoms with van der Waals surface area (Å²) in [6.07, 6.45) is 7.87. The summed E-state index contributed by atoms with van der Waals surface area (Å²) in [6, 6.07) is 18.7. The summed E-state index contributed by atoms with van der Waals surface area (Å²) in [6.45, 7) is 7.74. The van der Waals surface area contributed by atoms with E-state index in [2.05, 4.69) is 36.4 Å². The van der Waals surface area contributed by atoms with E-state index in [0.717, 1.165) is 35.8 Å². The first-order chi connectivity index (χ1) is 13.8. The van der Waals surface area contributed by atoms with E-state index in [1.807, 2.05) is 35.2 Å². The van der Waals surface area contributed by atoms with Gasteiger partial charge in [-0.2, -0.15) is 0 Å². The summed E-state index contributed by atoms with van der Waals surface area (Å²) in [7, 11) is 0. The van der Waals surface area contributed by atoms with Gasteiger partial charge in [0, 0.05) is 11.5 Å². The van der Waals surface area contributed by atoms with E-state index in [4.69, 9.17) is 4.74 Å². The lowest BCUT2D eigenvalue weighted by Crippen LogP contribution is -3.27. The first kappa shape index (κ1) is 18.0. The topological polar surface area (TPSA) is 18.1 Å². The van der Waals surface area contributed by atoms with Crippen LogP contribution in [0.15, 0.2) is 66.7 Å². The van der Waals surface area contributed by atoms with Crippen LogP contribution in [0.3, 0.4) is 0 Å². The van der Waals surface area contributed by atoms with E-state index in [1.54, 1.807) is 4.90 Å². The van der Waals surface area contributed by atoms with Crippen LogP contribution in [0.2, 0.25) is 0 Å². The molecule has 0 unspecified atom stereocenters. The second kappa shape index (κ2) is 8.10. The van der Waals surface area contributed by atoms with E-state index in [9.17, 15) is 0 Å². The lowest BCUT2D eigenvalue weighted by molar-refractivity contribution is -1.02. The van der Waals surface area contributed by atoms with Gasteiger partial charge in [-0.05, 0) is 48.9 Å². The van der Waals surface area contributed by atoms with Crippen molar-refractivity contribution in [3.8, 4) is 11.5 Å². The van der Waals surface area contributed by atoms with E-state index in [0.29, 0.717) is 0 Å². The first-order valence-electron chi connectivity index (χ1n) is 11.0. The Labute approximate surface area is 168 Å². The lowest BCUT2D eigenvalue weighted by atomic mass is 9.93. The van der Waals surface area contributed by atoms with Gasteiger partial charge in [0.2, 0.25) is 0 Å². The summed E-state index contributed by atoms with van der Waals surface area (Å²) in [4.78, 5) is 3.56. The smallest absolute Gasteiger partial charge is 0.127 e. The van der Waals surface area contributed by atoms with Crippen molar-refractivity contribution in [2.24, 2.45) is 17.8 Å². The third-order valence-corrected chi connectivity index (χ3v) is 6.96. The molecule has 0 spiro atoms. The van der Waals surface area contributed by atoms with Crippen molar-refractivity contribution >= 4 is 0 Å². The third kappa shape index (κ3) is 4.16. The SMILES string of the molecule is C1=C[C@H]2C[C@@H]1C[C@@H]2C[NH+]1CC[NH+](Cc2cccc(Oc3ccccc3)c2)CC1. The molecular weight excluding hydrogens is 344 g/mol. The number of hydrogen-bond donors (Lipinski definition) is 2. The highest BCUT2D eigenvalue weighted by molar-refractivity contribution is 5.33. The maximum absolute atomic E-state index is 6.00. The van der Waals surface area contributed by atoms with Crippen molar-refractivity contribution in [1.82, 2.24) is 0 Å². The van der Waals surface area contributed by atoms with E-state index < -0.39 is 0 Å². The van der Waals surface area contributed by atoms with Gasteiger partial charge in [-0.1, -0.05) is 42.5 Å². The zero-order valence-electron chi connectivity index (χ0n) is 16.6. The van der Waals surface area contributed by atoms with Gasteiger partial charge in [-0.3, -0.25) is 0 Å². The van der Waals surface area contributed by atoms with Crippen LogP contribution in [0, 0.1) is 17.8 Å². The van der Waals surface area contributed by atoms with Crippen molar-refractivity contribution in [1.29, 1.82) is 0 Å². The van der Waals surface area contributed by atoms with Crippen molar-refractivity contribution in [2.75, 3.05) is 32.7 Å². The second-order valence-corrected chi connectivity index (χ2v) is 8.98. The molecule has 2 aromatic rings. The summed E-state index contributed by atoms with van der Waals surface area (Å²) in [5, 5.41) is 0. The Morgan fingerprint density at radius 2 is 1.57 bits per heavy atom. The van der Waals surface area contributed by atoms with Crippen LogP contribution in [0.5, 0.6) is 11.5 Å². The predicted molar refractivity (Wildman–Crippen MR) is 112 cm³/mol. The minimum Gasteiger partial charge on any atom is -0.457 e. The van der Waals surface area contributed by atoms with E-state index in [-0.39, 0.29) is 0 Å². The van der Waals surface area contributed by atoms with Gasteiger partial charge in [-0.15, -0.1) is 0 Å². The Balaban J connectivity index is 1.12. The number of piperazine rings is 1. The molecule has 3 heteroatoms. The fourth-order valence-electron chi connectivity index (χ4n) is 5.47. The number of para-hydroxylation sites is 1. The van der Waals surface area contributed by atoms with Crippen LogP contribution >= 0.6 is 0 Å². The molecule has 3 nitrogen and oxygen atoms in total. The number of hydrogen-bond acceptors (Lipinski definition) is 1. The summed E-state index contributed by atoms with van der Waals surface area (Å²) in [5.41, 5.74) is 1.38. The fourth-order valence-corrected chi connectivity index (χ4v) is 5.47. The highest BCUT2D eigenvalue weighted by atomic mass is 16.5. The highest BCUT2D eigenvalue weighted by Crippen LogP contribution is 2.42. The molecule has 1 saturated heterocycles. The van der Waals surface area contributed by atoms with Gasteiger partial charge >= 0.3 is 0 Å². The summed E-state index contributed by atoms with van der Waals surface area (Å²) >= 11 is 0. The van der Waals surface area contributed by atoms with Crippen LogP contribution in [0.1, 0.15) is 18.4 Å². The molecule has 2 aliphatic carbocycles. The molecule has 1 aliphatic heterocycles. The molecule has 2 fully saturated rings. The molecule has 0 radical (unpaired) electrons.